The lowest BCUT2D eigenvalue weighted by atomic mass is 10.1. The topological polar surface area (TPSA) is 66.9 Å². The number of hydrogen-bond acceptors (Lipinski definition) is 3. The highest BCUT2D eigenvalue weighted by molar-refractivity contribution is 5.28. The van der Waals surface area contributed by atoms with Gasteiger partial charge < -0.3 is 5.32 Å². The molecule has 23 heavy (non-hydrogen) atoms. The molecule has 5 heteroatoms. The summed E-state index contributed by atoms with van der Waals surface area (Å²) in [7, 11) is 0. The molecule has 1 heterocycles. The summed E-state index contributed by atoms with van der Waals surface area (Å²) < 4.78 is 1.66. The summed E-state index contributed by atoms with van der Waals surface area (Å²) >= 11 is 0. The van der Waals surface area contributed by atoms with Crippen LogP contribution in [0.25, 0.3) is 0 Å². The number of H-pyrrole nitrogens is 1. The van der Waals surface area contributed by atoms with E-state index in [9.17, 15) is 9.59 Å². The first-order valence-electron chi connectivity index (χ1n) is 8.34. The molecule has 0 unspecified atom stereocenters. The number of aromatic amines is 1. The van der Waals surface area contributed by atoms with E-state index in [0.717, 1.165) is 18.8 Å². The second-order valence-electron chi connectivity index (χ2n) is 6.67. The molecule has 0 radical (unpaired) electrons. The molecule has 2 aliphatic carbocycles. The van der Waals surface area contributed by atoms with Crippen molar-refractivity contribution in [2.75, 3.05) is 0 Å². The minimum Gasteiger partial charge on any atom is -0.308 e. The van der Waals surface area contributed by atoms with Gasteiger partial charge in [-0.2, -0.15) is 0 Å². The SMILES string of the molecule is O=c1[nH]c(=O)n(C2CC2)cc1CNCc1ccc(C2CC2)cc1. The maximum atomic E-state index is 11.9. The van der Waals surface area contributed by atoms with Gasteiger partial charge in [-0.15, -0.1) is 0 Å². The summed E-state index contributed by atoms with van der Waals surface area (Å²) in [4.78, 5) is 26.1. The summed E-state index contributed by atoms with van der Waals surface area (Å²) in [6.45, 7) is 1.18. The molecule has 0 amide bonds. The zero-order valence-electron chi connectivity index (χ0n) is 13.0. The minimum atomic E-state index is -0.295. The third kappa shape index (κ3) is 3.29. The fourth-order valence-electron chi connectivity index (χ4n) is 2.94. The van der Waals surface area contributed by atoms with Crippen molar-refractivity contribution in [1.29, 1.82) is 0 Å². The van der Waals surface area contributed by atoms with E-state index < -0.39 is 0 Å². The van der Waals surface area contributed by atoms with Gasteiger partial charge in [0, 0.05) is 30.9 Å². The van der Waals surface area contributed by atoms with Crippen LogP contribution in [0.5, 0.6) is 0 Å². The molecule has 1 aromatic carbocycles. The number of nitrogens with one attached hydrogen (secondary N) is 2. The fraction of sp³-hybridized carbons (Fsp3) is 0.444. The normalized spacial score (nSPS) is 17.4. The Hall–Kier alpha value is -2.14. The van der Waals surface area contributed by atoms with Crippen LogP contribution < -0.4 is 16.6 Å². The summed E-state index contributed by atoms with van der Waals surface area (Å²) in [5.74, 6) is 0.777. The Balaban J connectivity index is 1.39. The smallest absolute Gasteiger partial charge is 0.308 e. The Morgan fingerprint density at radius 1 is 1.04 bits per heavy atom. The molecule has 2 fully saturated rings. The molecule has 0 saturated heterocycles. The van der Waals surface area contributed by atoms with Crippen LogP contribution in [0.1, 0.15) is 54.3 Å². The highest BCUT2D eigenvalue weighted by atomic mass is 16.2. The van der Waals surface area contributed by atoms with E-state index in [1.807, 2.05) is 0 Å². The highest BCUT2D eigenvalue weighted by Gasteiger charge is 2.25. The third-order valence-corrected chi connectivity index (χ3v) is 4.65. The van der Waals surface area contributed by atoms with Crippen molar-refractivity contribution in [3.63, 3.8) is 0 Å². The van der Waals surface area contributed by atoms with Crippen LogP contribution in [0.15, 0.2) is 40.1 Å². The van der Waals surface area contributed by atoms with E-state index in [4.69, 9.17) is 0 Å². The van der Waals surface area contributed by atoms with Gasteiger partial charge in [0.25, 0.3) is 5.56 Å². The quantitative estimate of drug-likeness (QED) is 0.858. The maximum Gasteiger partial charge on any atom is 0.328 e. The summed E-state index contributed by atoms with van der Waals surface area (Å²) in [5, 5.41) is 3.29. The zero-order valence-corrected chi connectivity index (χ0v) is 13.0. The summed E-state index contributed by atoms with van der Waals surface area (Å²) in [6.07, 6.45) is 6.38. The lowest BCUT2D eigenvalue weighted by Gasteiger charge is -2.08. The molecule has 2 N–H and O–H groups in total. The number of rotatable bonds is 6. The first kappa shape index (κ1) is 14.5. The van der Waals surface area contributed by atoms with E-state index in [1.54, 1.807) is 10.8 Å². The Bertz CT molecular complexity index is 811. The highest BCUT2D eigenvalue weighted by Crippen LogP contribution is 2.39. The van der Waals surface area contributed by atoms with Gasteiger partial charge in [0.2, 0.25) is 0 Å². The van der Waals surface area contributed by atoms with Crippen molar-refractivity contribution in [3.05, 3.63) is 68.0 Å². The van der Waals surface area contributed by atoms with Crippen LogP contribution in [-0.4, -0.2) is 9.55 Å². The standard InChI is InChI=1S/C18H21N3O2/c22-17-15(11-21(16-7-8-16)18(23)20-17)10-19-9-12-1-3-13(4-2-12)14-5-6-14/h1-4,11,14,16,19H,5-10H2,(H,20,22,23). The Morgan fingerprint density at radius 2 is 1.78 bits per heavy atom. The van der Waals surface area contributed by atoms with Gasteiger partial charge in [-0.05, 0) is 42.7 Å². The number of hydrogen-bond donors (Lipinski definition) is 2. The predicted molar refractivity (Wildman–Crippen MR) is 88.6 cm³/mol. The monoisotopic (exact) mass is 311 g/mol. The average Bonchev–Trinajstić information content (AvgIpc) is 3.42. The average molecular weight is 311 g/mol. The molecule has 0 bridgehead atoms. The van der Waals surface area contributed by atoms with Crippen molar-refractivity contribution in [3.8, 4) is 0 Å². The number of benzene rings is 1. The summed E-state index contributed by atoms with van der Waals surface area (Å²) in [5.41, 5.74) is 2.68. The molecule has 2 aromatic rings. The number of aromatic nitrogens is 2. The van der Waals surface area contributed by atoms with Gasteiger partial charge >= 0.3 is 5.69 Å². The van der Waals surface area contributed by atoms with Crippen molar-refractivity contribution in [1.82, 2.24) is 14.9 Å². The molecule has 2 saturated carbocycles. The molecule has 1 aromatic heterocycles. The van der Waals surface area contributed by atoms with E-state index >= 15 is 0 Å². The van der Waals surface area contributed by atoms with Gasteiger partial charge in [0.15, 0.2) is 0 Å². The molecule has 0 atom stereocenters. The van der Waals surface area contributed by atoms with E-state index in [-0.39, 0.29) is 17.3 Å². The van der Waals surface area contributed by atoms with E-state index in [2.05, 4.69) is 34.6 Å². The lowest BCUT2D eigenvalue weighted by molar-refractivity contribution is 0.635. The van der Waals surface area contributed by atoms with Gasteiger partial charge in [-0.1, -0.05) is 24.3 Å². The molecule has 4 rings (SSSR count). The third-order valence-electron chi connectivity index (χ3n) is 4.65. The van der Waals surface area contributed by atoms with Crippen LogP contribution in [0.3, 0.4) is 0 Å². The largest absolute Gasteiger partial charge is 0.328 e. The molecule has 0 spiro atoms. The van der Waals surface area contributed by atoms with Crippen LogP contribution in [-0.2, 0) is 13.1 Å². The Kier molecular flexibility index (Phi) is 3.65. The molecule has 0 aliphatic heterocycles. The first-order chi connectivity index (χ1) is 11.2. The van der Waals surface area contributed by atoms with Crippen molar-refractivity contribution >= 4 is 0 Å². The Morgan fingerprint density at radius 3 is 2.43 bits per heavy atom. The Labute approximate surface area is 134 Å². The van der Waals surface area contributed by atoms with E-state index in [1.165, 1.54) is 24.0 Å². The van der Waals surface area contributed by atoms with Crippen LogP contribution in [0, 0.1) is 0 Å². The van der Waals surface area contributed by atoms with Crippen LogP contribution in [0.2, 0.25) is 0 Å². The molecular formula is C18H21N3O2. The van der Waals surface area contributed by atoms with Crippen LogP contribution >= 0.6 is 0 Å². The molecule has 120 valence electrons. The van der Waals surface area contributed by atoms with Gasteiger partial charge in [-0.3, -0.25) is 14.3 Å². The molecule has 5 nitrogen and oxygen atoms in total. The first-order valence-corrected chi connectivity index (χ1v) is 8.34. The van der Waals surface area contributed by atoms with Crippen molar-refractivity contribution in [2.24, 2.45) is 0 Å². The minimum absolute atomic E-state index is 0.271. The summed E-state index contributed by atoms with van der Waals surface area (Å²) in [6, 6.07) is 8.98. The lowest BCUT2D eigenvalue weighted by Crippen LogP contribution is -2.33. The molecule has 2 aliphatic rings. The van der Waals surface area contributed by atoms with Crippen LogP contribution in [0.4, 0.5) is 0 Å². The number of nitrogens with zero attached hydrogens (tertiary/aromatic N) is 1. The predicted octanol–water partition coefficient (Wildman–Crippen LogP) is 2.04. The van der Waals surface area contributed by atoms with E-state index in [0.29, 0.717) is 18.7 Å². The second kappa shape index (κ2) is 5.81. The fourth-order valence-corrected chi connectivity index (χ4v) is 2.94. The van der Waals surface area contributed by atoms with Crippen molar-refractivity contribution in [2.45, 2.75) is 50.7 Å². The van der Waals surface area contributed by atoms with Gasteiger partial charge in [0.1, 0.15) is 0 Å². The molecular weight excluding hydrogens is 290 g/mol. The maximum absolute atomic E-state index is 11.9. The van der Waals surface area contributed by atoms with Gasteiger partial charge in [0.05, 0.1) is 0 Å². The zero-order chi connectivity index (χ0) is 15.8. The van der Waals surface area contributed by atoms with Crippen molar-refractivity contribution < 1.29 is 0 Å². The van der Waals surface area contributed by atoms with Gasteiger partial charge in [-0.25, -0.2) is 4.79 Å². The second-order valence-corrected chi connectivity index (χ2v) is 6.67.